The Kier molecular flexibility index (Phi) is 9.58. The lowest BCUT2D eigenvalue weighted by molar-refractivity contribution is -0.250. The molecule has 11 atom stereocenters. The van der Waals surface area contributed by atoms with E-state index >= 15 is 0 Å². The van der Waals surface area contributed by atoms with E-state index in [9.17, 15) is 18.9 Å². The summed E-state index contributed by atoms with van der Waals surface area (Å²) < 4.78 is 18.5. The molecule has 0 heterocycles. The first kappa shape index (κ1) is 37.0. The van der Waals surface area contributed by atoms with Crippen molar-refractivity contribution in [2.75, 3.05) is 12.0 Å². The van der Waals surface area contributed by atoms with Gasteiger partial charge in [-0.05, 0) is 164 Å². The molecule has 5 rings (SSSR count). The average molecular weight is 673 g/mol. The van der Waals surface area contributed by atoms with Crippen LogP contribution in [0.1, 0.15) is 145 Å². The molecule has 5 aliphatic rings. The van der Waals surface area contributed by atoms with Crippen LogP contribution in [0.4, 0.5) is 0 Å². The minimum absolute atomic E-state index is 0.0972. The van der Waals surface area contributed by atoms with E-state index in [-0.39, 0.29) is 40.2 Å². The Morgan fingerprint density at radius 1 is 0.894 bits per heavy atom. The van der Waals surface area contributed by atoms with Crippen LogP contribution in [0, 0.1) is 62.1 Å². The summed E-state index contributed by atoms with van der Waals surface area (Å²) in [6.45, 7) is 22.7. The molecule has 0 bridgehead atoms. The summed E-state index contributed by atoms with van der Waals surface area (Å²) in [4.78, 5) is 24.7. The van der Waals surface area contributed by atoms with Gasteiger partial charge in [0.2, 0.25) is 0 Å². The molecule has 5 nitrogen and oxygen atoms in total. The summed E-state index contributed by atoms with van der Waals surface area (Å²) in [6.07, 6.45) is 17.1. The van der Waals surface area contributed by atoms with Crippen molar-refractivity contribution < 1.29 is 23.6 Å². The van der Waals surface area contributed by atoms with Crippen LogP contribution >= 0.6 is 0 Å². The maximum Gasteiger partial charge on any atom is 0.309 e. The van der Waals surface area contributed by atoms with Crippen LogP contribution < -0.4 is 0 Å². The first-order valence-corrected chi connectivity index (χ1v) is 21.2. The molecule has 0 aromatic heterocycles. The molecular weight excluding hydrogens is 605 g/mol. The van der Waals surface area contributed by atoms with Crippen LogP contribution in [0.5, 0.6) is 0 Å². The number of hydrogen-bond acceptors (Lipinski definition) is 4. The fourth-order valence-electron chi connectivity index (χ4n) is 13.4. The normalized spacial score (nSPS) is 43.8. The molecule has 5 aliphatic carbocycles. The monoisotopic (exact) mass is 672 g/mol. The number of carboxylic acids is 1. The Morgan fingerprint density at radius 2 is 1.57 bits per heavy atom. The predicted molar refractivity (Wildman–Crippen MR) is 195 cm³/mol. The molecule has 6 heteroatoms. The molecule has 1 unspecified atom stereocenters. The van der Waals surface area contributed by atoms with Crippen molar-refractivity contribution in [2.45, 2.75) is 151 Å². The molecule has 0 amide bonds. The molecule has 0 aromatic rings. The number of fused-ring (bicyclic) bond motifs is 7. The van der Waals surface area contributed by atoms with E-state index in [0.29, 0.717) is 35.0 Å². The summed E-state index contributed by atoms with van der Waals surface area (Å²) in [5.41, 5.74) is 1.24. The molecule has 47 heavy (non-hydrogen) atoms. The Hall–Kier alpha value is -1.30. The highest BCUT2D eigenvalue weighted by atomic mass is 32.2. The Labute approximate surface area is 287 Å². The van der Waals surface area contributed by atoms with Gasteiger partial charge in [-0.2, -0.15) is 0 Å². The molecule has 0 aromatic carbocycles. The SMILES string of the molecule is C=C(C)[C@@H]1CC[C@]2(CCCCS(=C)(C)=O)CC[C@]3(C)[C@H](CC[C@@H]4[C@@]5(C)CC[C@H](OC(=O)CC(C)(C)C(=O)O)C(C)(C)[C@@H]5CC[C@]43C)[C@@H]12. The zero-order chi connectivity index (χ0) is 35.0. The van der Waals surface area contributed by atoms with Crippen molar-refractivity contribution in [3.8, 4) is 0 Å². The highest BCUT2D eigenvalue weighted by molar-refractivity contribution is 7.99. The summed E-state index contributed by atoms with van der Waals surface area (Å²) in [5, 5.41) is 9.58. The molecule has 5 saturated carbocycles. The van der Waals surface area contributed by atoms with Gasteiger partial charge in [-0.25, -0.2) is 0 Å². The van der Waals surface area contributed by atoms with Gasteiger partial charge in [-0.1, -0.05) is 53.2 Å². The van der Waals surface area contributed by atoms with Crippen molar-refractivity contribution in [1.82, 2.24) is 0 Å². The van der Waals surface area contributed by atoms with Crippen LogP contribution in [0.2, 0.25) is 0 Å². The number of carboxylic acid groups (broad SMARTS) is 1. The van der Waals surface area contributed by atoms with Crippen LogP contribution in [0.15, 0.2) is 12.2 Å². The van der Waals surface area contributed by atoms with Gasteiger partial charge in [0.05, 0.1) is 11.8 Å². The quantitative estimate of drug-likeness (QED) is 0.108. The number of carbonyl (C=O) groups excluding carboxylic acids is 1. The van der Waals surface area contributed by atoms with Gasteiger partial charge >= 0.3 is 11.9 Å². The van der Waals surface area contributed by atoms with Gasteiger partial charge in [0.25, 0.3) is 0 Å². The lowest BCUT2D eigenvalue weighted by atomic mass is 9.32. The van der Waals surface area contributed by atoms with Gasteiger partial charge in [0.1, 0.15) is 6.10 Å². The zero-order valence-electron chi connectivity index (χ0n) is 31.5. The maximum absolute atomic E-state index is 13.0. The van der Waals surface area contributed by atoms with E-state index in [1.807, 2.05) is 6.26 Å². The lowest BCUT2D eigenvalue weighted by Crippen LogP contribution is -2.66. The van der Waals surface area contributed by atoms with Gasteiger partial charge in [0.15, 0.2) is 0 Å². The van der Waals surface area contributed by atoms with Gasteiger partial charge in [-0.15, -0.1) is 0 Å². The van der Waals surface area contributed by atoms with Crippen molar-refractivity contribution >= 4 is 27.3 Å². The largest absolute Gasteiger partial charge is 0.481 e. The van der Waals surface area contributed by atoms with Crippen LogP contribution in [-0.2, 0) is 23.8 Å². The molecule has 0 radical (unpaired) electrons. The number of ether oxygens (including phenoxy) is 1. The Morgan fingerprint density at radius 3 is 2.19 bits per heavy atom. The Balaban J connectivity index is 1.38. The molecule has 5 fully saturated rings. The van der Waals surface area contributed by atoms with Crippen molar-refractivity contribution in [2.24, 2.45) is 62.1 Å². The van der Waals surface area contributed by atoms with Crippen molar-refractivity contribution in [3.63, 3.8) is 0 Å². The second-order valence-electron chi connectivity index (χ2n) is 19.6. The van der Waals surface area contributed by atoms with E-state index in [4.69, 9.17) is 4.74 Å². The summed E-state index contributed by atoms with van der Waals surface area (Å²) in [6, 6.07) is 0. The Bertz CT molecular complexity index is 1360. The van der Waals surface area contributed by atoms with Gasteiger partial charge in [0, 0.05) is 17.4 Å². The highest BCUT2D eigenvalue weighted by Crippen LogP contribution is 2.78. The van der Waals surface area contributed by atoms with E-state index in [0.717, 1.165) is 37.9 Å². The number of aliphatic carboxylic acids is 1. The van der Waals surface area contributed by atoms with E-state index < -0.39 is 20.9 Å². The van der Waals surface area contributed by atoms with E-state index in [2.05, 4.69) is 54.0 Å². The highest BCUT2D eigenvalue weighted by Gasteiger charge is 2.71. The number of unbranched alkanes of at least 4 members (excludes halogenated alkanes) is 1. The summed E-state index contributed by atoms with van der Waals surface area (Å²) in [7, 11) is -1.93. The van der Waals surface area contributed by atoms with Crippen LogP contribution in [0.3, 0.4) is 0 Å². The van der Waals surface area contributed by atoms with Crippen LogP contribution in [0.25, 0.3) is 0 Å². The topological polar surface area (TPSA) is 80.7 Å². The number of esters is 1. The first-order valence-electron chi connectivity index (χ1n) is 18.9. The second-order valence-corrected chi connectivity index (χ2v) is 22.4. The number of hydrogen-bond donors (Lipinski definition) is 1. The molecule has 0 saturated heterocycles. The average Bonchev–Trinajstić information content (AvgIpc) is 3.32. The van der Waals surface area contributed by atoms with Crippen molar-refractivity contribution in [1.29, 1.82) is 0 Å². The third-order valence-corrected chi connectivity index (χ3v) is 17.3. The third kappa shape index (κ3) is 6.09. The smallest absolute Gasteiger partial charge is 0.309 e. The molecule has 1 N–H and O–H groups in total. The summed E-state index contributed by atoms with van der Waals surface area (Å²) >= 11 is 0. The number of carbonyl (C=O) groups is 2. The van der Waals surface area contributed by atoms with Gasteiger partial charge < -0.3 is 9.84 Å². The maximum atomic E-state index is 13.0. The predicted octanol–water partition coefficient (Wildman–Crippen LogP) is 9.57. The minimum Gasteiger partial charge on any atom is -0.481 e. The first-order chi connectivity index (χ1) is 21.5. The fraction of sp³-hybridized carbons (Fsp3) is 0.878. The fourth-order valence-corrected chi connectivity index (χ4v) is 14.2. The summed E-state index contributed by atoms with van der Waals surface area (Å²) in [5.74, 6) is 6.46. The van der Waals surface area contributed by atoms with Gasteiger partial charge in [-0.3, -0.25) is 13.8 Å². The third-order valence-electron chi connectivity index (χ3n) is 16.1. The van der Waals surface area contributed by atoms with Crippen LogP contribution in [-0.4, -0.2) is 45.2 Å². The molecule has 0 aliphatic heterocycles. The molecule has 0 spiro atoms. The molecule has 268 valence electrons. The number of allylic oxidation sites excluding steroid dienone is 1. The minimum atomic E-state index is -1.93. The number of rotatable bonds is 10. The lowest BCUT2D eigenvalue weighted by Gasteiger charge is -2.73. The van der Waals surface area contributed by atoms with E-state index in [1.165, 1.54) is 56.9 Å². The van der Waals surface area contributed by atoms with Crippen molar-refractivity contribution in [3.05, 3.63) is 12.2 Å². The second kappa shape index (κ2) is 12.2. The van der Waals surface area contributed by atoms with E-state index in [1.54, 1.807) is 13.8 Å². The standard InChI is InChI=1S/C41H68O5S/c1-27(2)28-16-22-41(19-12-13-25-47(10,11)45)24-23-39(8)29(34(28)41)14-15-31-38(7)20-18-32(46-33(42)26-36(3,4)35(43)44)37(5,6)30(38)17-21-40(31,39)9/h28-32,34H,1,10,12-26H2,2-9,11H3,(H,43,44)/t28-,29+,30-,31+,32-,34+,38-,39+,40+,41+,47?/m0/s1. The molecular formula is C41H68O5S. The zero-order valence-corrected chi connectivity index (χ0v) is 32.3.